The van der Waals surface area contributed by atoms with Gasteiger partial charge in [0.05, 0.1) is 12.0 Å². The number of hydrogen-bond acceptors (Lipinski definition) is 6. The summed E-state index contributed by atoms with van der Waals surface area (Å²) in [5, 5.41) is 14.7. The number of aliphatic carboxylic acids is 1. The Labute approximate surface area is 179 Å². The van der Waals surface area contributed by atoms with Crippen LogP contribution in [0.2, 0.25) is 0 Å². The number of carbonyl (C=O) groups excluding carboxylic acids is 2. The van der Waals surface area contributed by atoms with Gasteiger partial charge in [-0.2, -0.15) is 0 Å². The largest absolute Gasteiger partial charge is 0.548 e. The Balaban J connectivity index is 1.71. The highest BCUT2D eigenvalue weighted by Crippen LogP contribution is 2.24. The van der Waals surface area contributed by atoms with E-state index in [9.17, 15) is 19.5 Å². The first kappa shape index (κ1) is 22.1. The molecule has 0 fully saturated rings. The molecule has 0 aliphatic rings. The van der Waals surface area contributed by atoms with Crippen LogP contribution >= 0.6 is 0 Å². The smallest absolute Gasteiger partial charge is 0.336 e. The predicted molar refractivity (Wildman–Crippen MR) is 114 cm³/mol. The summed E-state index contributed by atoms with van der Waals surface area (Å²) >= 11 is 0. The van der Waals surface area contributed by atoms with Gasteiger partial charge >= 0.3 is 5.63 Å². The van der Waals surface area contributed by atoms with Crippen molar-refractivity contribution >= 4 is 22.8 Å². The molecule has 0 saturated heterocycles. The Kier molecular flexibility index (Phi) is 7.07. The summed E-state index contributed by atoms with van der Waals surface area (Å²) in [6, 6.07) is 14.3. The van der Waals surface area contributed by atoms with Crippen LogP contribution in [0.1, 0.15) is 31.4 Å². The van der Waals surface area contributed by atoms with Crippen LogP contribution in [0.4, 0.5) is 0 Å². The van der Waals surface area contributed by atoms with E-state index < -0.39 is 29.6 Å². The Morgan fingerprint density at radius 3 is 2.55 bits per heavy atom. The quantitative estimate of drug-likeness (QED) is 0.528. The molecule has 2 atom stereocenters. The summed E-state index contributed by atoms with van der Waals surface area (Å²) in [7, 11) is 0. The summed E-state index contributed by atoms with van der Waals surface area (Å²) in [4.78, 5) is 35.8. The van der Waals surface area contributed by atoms with Gasteiger partial charge in [-0.1, -0.05) is 43.7 Å². The second-order valence-electron chi connectivity index (χ2n) is 7.33. The third-order valence-electron chi connectivity index (χ3n) is 4.89. The Hall–Kier alpha value is -3.61. The normalized spacial score (nSPS) is 12.8. The SMILES string of the molecule is CCCc1cc(=O)oc2cc(O[C@@H](C)C(=O)N[C@@H](Cc3ccccc3)C(=O)[O-])ccc12. The standard InChI is InChI=1S/C24H25NO6/c1-3-7-17-13-22(26)31-21-14-18(10-11-19(17)21)30-15(2)23(27)25-20(24(28)29)12-16-8-5-4-6-9-16/h4-6,8-11,13-15,20H,3,7,12H2,1-2H3,(H,25,27)(H,28,29)/p-1/t15-,20-/m0/s1. The first-order chi connectivity index (χ1) is 14.9. The summed E-state index contributed by atoms with van der Waals surface area (Å²) in [6.45, 7) is 3.54. The fourth-order valence-electron chi connectivity index (χ4n) is 3.35. The van der Waals surface area contributed by atoms with Crippen molar-refractivity contribution in [1.29, 1.82) is 0 Å². The molecule has 0 saturated carbocycles. The molecule has 0 spiro atoms. The van der Waals surface area contributed by atoms with E-state index in [1.54, 1.807) is 42.5 Å². The predicted octanol–water partition coefficient (Wildman–Crippen LogP) is 1.99. The maximum Gasteiger partial charge on any atom is 0.336 e. The third kappa shape index (κ3) is 5.72. The molecule has 162 valence electrons. The van der Waals surface area contributed by atoms with Crippen molar-refractivity contribution in [1.82, 2.24) is 5.32 Å². The molecule has 1 heterocycles. The highest BCUT2D eigenvalue weighted by molar-refractivity contribution is 5.86. The molecule has 31 heavy (non-hydrogen) atoms. The first-order valence-corrected chi connectivity index (χ1v) is 10.2. The number of rotatable bonds is 9. The van der Waals surface area contributed by atoms with E-state index in [1.165, 1.54) is 13.0 Å². The molecule has 1 amide bonds. The minimum Gasteiger partial charge on any atom is -0.548 e. The van der Waals surface area contributed by atoms with Gasteiger partial charge < -0.3 is 24.4 Å². The number of nitrogens with one attached hydrogen (secondary N) is 1. The second kappa shape index (κ2) is 9.93. The van der Waals surface area contributed by atoms with Gasteiger partial charge in [-0.25, -0.2) is 4.79 Å². The molecule has 2 aromatic carbocycles. The Morgan fingerprint density at radius 2 is 1.87 bits per heavy atom. The topological polar surface area (TPSA) is 109 Å². The lowest BCUT2D eigenvalue weighted by Gasteiger charge is -2.22. The van der Waals surface area contributed by atoms with E-state index in [0.29, 0.717) is 11.3 Å². The number of benzene rings is 2. The average Bonchev–Trinajstić information content (AvgIpc) is 2.73. The number of carboxylic acids is 1. The number of carboxylic acid groups (broad SMARTS) is 1. The molecule has 3 aromatic rings. The van der Waals surface area contributed by atoms with E-state index >= 15 is 0 Å². The fraction of sp³-hybridized carbons (Fsp3) is 0.292. The molecular formula is C24H24NO6-. The van der Waals surface area contributed by atoms with Crippen molar-refractivity contribution in [3.8, 4) is 5.75 Å². The lowest BCUT2D eigenvalue weighted by molar-refractivity contribution is -0.308. The molecule has 0 bridgehead atoms. The fourth-order valence-corrected chi connectivity index (χ4v) is 3.35. The molecule has 0 radical (unpaired) electrons. The lowest BCUT2D eigenvalue weighted by atomic mass is 10.1. The van der Waals surface area contributed by atoms with E-state index in [1.807, 2.05) is 13.0 Å². The Morgan fingerprint density at radius 1 is 1.13 bits per heavy atom. The minimum absolute atomic E-state index is 0.100. The van der Waals surface area contributed by atoms with Gasteiger partial charge in [-0.15, -0.1) is 0 Å². The van der Waals surface area contributed by atoms with Crippen LogP contribution in [0.15, 0.2) is 63.8 Å². The first-order valence-electron chi connectivity index (χ1n) is 10.2. The van der Waals surface area contributed by atoms with Crippen LogP contribution in [0.25, 0.3) is 11.0 Å². The maximum absolute atomic E-state index is 12.5. The molecule has 0 aliphatic carbocycles. The van der Waals surface area contributed by atoms with Crippen LogP contribution in [0, 0.1) is 0 Å². The Bertz CT molecular complexity index is 1120. The number of fused-ring (bicyclic) bond motifs is 1. The van der Waals surface area contributed by atoms with Gasteiger partial charge in [-0.05, 0) is 43.0 Å². The van der Waals surface area contributed by atoms with Crippen LogP contribution in [-0.2, 0) is 22.4 Å². The van der Waals surface area contributed by atoms with Crippen molar-refractivity contribution in [2.45, 2.75) is 45.3 Å². The maximum atomic E-state index is 12.5. The van der Waals surface area contributed by atoms with Crippen LogP contribution < -0.4 is 20.8 Å². The summed E-state index contributed by atoms with van der Waals surface area (Å²) in [5.74, 6) is -1.63. The van der Waals surface area contributed by atoms with Gasteiger partial charge in [0, 0.05) is 17.5 Å². The van der Waals surface area contributed by atoms with E-state index in [0.717, 1.165) is 29.4 Å². The molecule has 1 aromatic heterocycles. The number of hydrogen-bond donors (Lipinski definition) is 1. The highest BCUT2D eigenvalue weighted by atomic mass is 16.5. The zero-order valence-corrected chi connectivity index (χ0v) is 17.4. The average molecular weight is 422 g/mol. The van der Waals surface area contributed by atoms with Gasteiger partial charge in [0.15, 0.2) is 6.10 Å². The van der Waals surface area contributed by atoms with Crippen molar-refractivity contribution in [3.63, 3.8) is 0 Å². The number of aryl methyl sites for hydroxylation is 1. The minimum atomic E-state index is -1.37. The van der Waals surface area contributed by atoms with Crippen molar-refractivity contribution in [2.24, 2.45) is 0 Å². The summed E-state index contributed by atoms with van der Waals surface area (Å²) in [5.41, 5.74) is 1.58. The third-order valence-corrected chi connectivity index (χ3v) is 4.89. The monoisotopic (exact) mass is 422 g/mol. The molecule has 1 N–H and O–H groups in total. The molecule has 0 unspecified atom stereocenters. The van der Waals surface area contributed by atoms with Gasteiger partial charge in [0.1, 0.15) is 11.3 Å². The zero-order valence-electron chi connectivity index (χ0n) is 17.4. The summed E-state index contributed by atoms with van der Waals surface area (Å²) < 4.78 is 10.9. The van der Waals surface area contributed by atoms with Gasteiger partial charge in [0.25, 0.3) is 5.91 Å². The van der Waals surface area contributed by atoms with Crippen LogP contribution in [0.3, 0.4) is 0 Å². The van der Waals surface area contributed by atoms with Crippen molar-refractivity contribution < 1.29 is 23.8 Å². The lowest BCUT2D eigenvalue weighted by Crippen LogP contribution is -2.52. The van der Waals surface area contributed by atoms with Crippen LogP contribution in [-0.4, -0.2) is 24.0 Å². The van der Waals surface area contributed by atoms with E-state index in [4.69, 9.17) is 9.15 Å². The molecule has 0 aliphatic heterocycles. The molecule has 7 nitrogen and oxygen atoms in total. The number of ether oxygens (including phenoxy) is 1. The van der Waals surface area contributed by atoms with Crippen molar-refractivity contribution in [2.75, 3.05) is 0 Å². The van der Waals surface area contributed by atoms with Gasteiger partial charge in [0.2, 0.25) is 0 Å². The van der Waals surface area contributed by atoms with Gasteiger partial charge in [-0.3, -0.25) is 4.79 Å². The van der Waals surface area contributed by atoms with Crippen LogP contribution in [0.5, 0.6) is 5.75 Å². The number of amides is 1. The molecule has 3 rings (SSSR count). The van der Waals surface area contributed by atoms with E-state index in [-0.39, 0.29) is 6.42 Å². The molecule has 7 heteroatoms. The number of carbonyl (C=O) groups is 2. The molecular weight excluding hydrogens is 398 g/mol. The van der Waals surface area contributed by atoms with E-state index in [2.05, 4.69) is 5.32 Å². The zero-order chi connectivity index (χ0) is 22.4. The highest BCUT2D eigenvalue weighted by Gasteiger charge is 2.20. The summed E-state index contributed by atoms with van der Waals surface area (Å²) in [6.07, 6.45) is 0.757. The second-order valence-corrected chi connectivity index (χ2v) is 7.33. The van der Waals surface area contributed by atoms with Crippen molar-refractivity contribution in [3.05, 3.63) is 76.1 Å².